The zero-order valence-corrected chi connectivity index (χ0v) is 11.4. The van der Waals surface area contributed by atoms with Crippen LogP contribution in [0.5, 0.6) is 0 Å². The highest BCUT2D eigenvalue weighted by molar-refractivity contribution is 6.17. The Kier molecular flexibility index (Phi) is 3.01. The fraction of sp³-hybridized carbons (Fsp3) is 0.467. The first-order valence-corrected chi connectivity index (χ1v) is 6.68. The van der Waals surface area contributed by atoms with Gasteiger partial charge in [0.05, 0.1) is 7.11 Å². The van der Waals surface area contributed by atoms with E-state index in [1.54, 1.807) is 6.08 Å². The van der Waals surface area contributed by atoms with Crippen molar-refractivity contribution in [2.24, 2.45) is 5.92 Å². The van der Waals surface area contributed by atoms with Gasteiger partial charge in [0.2, 0.25) is 0 Å². The van der Waals surface area contributed by atoms with Crippen LogP contribution >= 0.6 is 0 Å². The Bertz CT molecular complexity index is 557. The van der Waals surface area contributed by atoms with Crippen LogP contribution in [0.4, 0.5) is 0 Å². The van der Waals surface area contributed by atoms with E-state index < -0.39 is 17.5 Å². The van der Waals surface area contributed by atoms with Crippen LogP contribution in [-0.2, 0) is 23.8 Å². The Morgan fingerprint density at radius 2 is 2.30 bits per heavy atom. The molecule has 0 saturated carbocycles. The lowest BCUT2D eigenvalue weighted by molar-refractivity contribution is -0.157. The van der Waals surface area contributed by atoms with E-state index in [-0.39, 0.29) is 17.6 Å². The number of allylic oxidation sites excluding steroid dienone is 2. The van der Waals surface area contributed by atoms with Gasteiger partial charge in [-0.05, 0) is 25.3 Å². The van der Waals surface area contributed by atoms with E-state index in [2.05, 4.69) is 0 Å². The second-order valence-corrected chi connectivity index (χ2v) is 5.02. The number of hydrogen-bond donors (Lipinski definition) is 0. The largest absolute Gasteiger partial charge is 0.465 e. The third kappa shape index (κ3) is 1.66. The fourth-order valence-electron chi connectivity index (χ4n) is 3.07. The van der Waals surface area contributed by atoms with Gasteiger partial charge in [0.1, 0.15) is 6.10 Å². The Balaban J connectivity index is 2.16. The van der Waals surface area contributed by atoms with Crippen molar-refractivity contribution in [1.29, 1.82) is 0 Å². The molecule has 4 aliphatic rings. The normalized spacial score (nSPS) is 34.0. The van der Waals surface area contributed by atoms with E-state index in [1.807, 2.05) is 25.2 Å². The van der Waals surface area contributed by atoms with Gasteiger partial charge in [-0.15, -0.1) is 0 Å². The summed E-state index contributed by atoms with van der Waals surface area (Å²) in [5.41, 5.74) is -0.468. The van der Waals surface area contributed by atoms with E-state index in [0.717, 1.165) is 6.42 Å². The Hall–Kier alpha value is -1.88. The molecular weight excluding hydrogens is 260 g/mol. The summed E-state index contributed by atoms with van der Waals surface area (Å²) in [5, 5.41) is 0. The summed E-state index contributed by atoms with van der Waals surface area (Å²) >= 11 is 0. The average Bonchev–Trinajstić information content (AvgIpc) is 2.55. The number of methoxy groups -OCH3 is 1. The zero-order valence-electron chi connectivity index (χ0n) is 11.4. The second-order valence-electron chi connectivity index (χ2n) is 5.02. The van der Waals surface area contributed by atoms with Gasteiger partial charge >= 0.3 is 11.9 Å². The molecule has 3 atom stereocenters. The van der Waals surface area contributed by atoms with Gasteiger partial charge in [-0.3, -0.25) is 0 Å². The van der Waals surface area contributed by atoms with Crippen LogP contribution < -0.4 is 0 Å². The number of esters is 2. The lowest BCUT2D eigenvalue weighted by atomic mass is 9.80. The summed E-state index contributed by atoms with van der Waals surface area (Å²) in [4.78, 5) is 23.9. The lowest BCUT2D eigenvalue weighted by Crippen LogP contribution is -2.46. The second kappa shape index (κ2) is 4.59. The predicted molar refractivity (Wildman–Crippen MR) is 69.7 cm³/mol. The minimum atomic E-state index is -0.986. The van der Waals surface area contributed by atoms with E-state index >= 15 is 0 Å². The summed E-state index contributed by atoms with van der Waals surface area (Å²) < 4.78 is 16.0. The van der Waals surface area contributed by atoms with Gasteiger partial charge in [0, 0.05) is 12.2 Å². The lowest BCUT2D eigenvalue weighted by Gasteiger charge is -2.37. The van der Waals surface area contributed by atoms with Crippen molar-refractivity contribution in [3.05, 3.63) is 35.5 Å². The summed E-state index contributed by atoms with van der Waals surface area (Å²) in [5.74, 6) is -1.08. The molecule has 0 amide bonds. The van der Waals surface area contributed by atoms with Crippen molar-refractivity contribution in [3.8, 4) is 0 Å². The first kappa shape index (κ1) is 13.1. The Morgan fingerprint density at radius 3 is 3.00 bits per heavy atom. The molecule has 1 spiro atoms. The molecule has 5 heteroatoms. The molecule has 3 aliphatic carbocycles. The SMILES string of the molecule is CCOC1CC2C=CC3=C(C(=O)OC)C(=O)OC31C=C2. The summed E-state index contributed by atoms with van der Waals surface area (Å²) in [6.45, 7) is 2.42. The van der Waals surface area contributed by atoms with Crippen LogP contribution in [-0.4, -0.2) is 37.4 Å². The molecule has 1 aliphatic heterocycles. The third-order valence-corrected chi connectivity index (χ3v) is 3.98. The van der Waals surface area contributed by atoms with Crippen molar-refractivity contribution in [2.45, 2.75) is 25.0 Å². The minimum Gasteiger partial charge on any atom is -0.465 e. The maximum atomic E-state index is 12.1. The van der Waals surface area contributed by atoms with Crippen molar-refractivity contribution < 1.29 is 23.8 Å². The maximum Gasteiger partial charge on any atom is 0.347 e. The quantitative estimate of drug-likeness (QED) is 0.442. The molecule has 2 bridgehead atoms. The average molecular weight is 276 g/mol. The summed E-state index contributed by atoms with van der Waals surface area (Å²) in [7, 11) is 1.25. The fourth-order valence-corrected chi connectivity index (χ4v) is 3.07. The molecule has 0 aromatic rings. The van der Waals surface area contributed by atoms with Crippen LogP contribution in [0.15, 0.2) is 35.5 Å². The number of carbonyl (C=O) groups is 2. The first-order valence-electron chi connectivity index (χ1n) is 6.68. The van der Waals surface area contributed by atoms with Gasteiger partial charge in [-0.25, -0.2) is 9.59 Å². The minimum absolute atomic E-state index is 0.0272. The molecule has 106 valence electrons. The highest BCUT2D eigenvalue weighted by Crippen LogP contribution is 2.46. The summed E-state index contributed by atoms with van der Waals surface area (Å²) in [6.07, 6.45) is 8.04. The van der Waals surface area contributed by atoms with Crippen molar-refractivity contribution in [1.82, 2.24) is 0 Å². The monoisotopic (exact) mass is 276 g/mol. The topological polar surface area (TPSA) is 61.8 Å². The Morgan fingerprint density at radius 1 is 1.50 bits per heavy atom. The third-order valence-electron chi connectivity index (χ3n) is 3.98. The van der Waals surface area contributed by atoms with Gasteiger partial charge in [-0.2, -0.15) is 0 Å². The van der Waals surface area contributed by atoms with Crippen LogP contribution in [0.2, 0.25) is 0 Å². The van der Waals surface area contributed by atoms with E-state index in [4.69, 9.17) is 14.2 Å². The smallest absolute Gasteiger partial charge is 0.347 e. The number of fused-ring (bicyclic) bond motifs is 1. The predicted octanol–water partition coefficient (Wildman–Crippen LogP) is 1.30. The number of hydrogen-bond acceptors (Lipinski definition) is 5. The van der Waals surface area contributed by atoms with E-state index in [1.165, 1.54) is 7.11 Å². The molecule has 0 saturated heterocycles. The molecule has 1 heterocycles. The molecule has 0 N–H and O–H groups in total. The molecule has 5 nitrogen and oxygen atoms in total. The maximum absolute atomic E-state index is 12.1. The van der Waals surface area contributed by atoms with Gasteiger partial charge in [0.25, 0.3) is 0 Å². The van der Waals surface area contributed by atoms with E-state index in [0.29, 0.717) is 12.2 Å². The molecule has 3 unspecified atom stereocenters. The van der Waals surface area contributed by atoms with Crippen molar-refractivity contribution in [2.75, 3.05) is 13.7 Å². The zero-order chi connectivity index (χ0) is 14.3. The van der Waals surface area contributed by atoms with Gasteiger partial charge in [-0.1, -0.05) is 18.2 Å². The number of ether oxygens (including phenoxy) is 3. The van der Waals surface area contributed by atoms with Crippen LogP contribution in [0.25, 0.3) is 0 Å². The van der Waals surface area contributed by atoms with Gasteiger partial charge in [0.15, 0.2) is 11.2 Å². The molecule has 20 heavy (non-hydrogen) atoms. The van der Waals surface area contributed by atoms with Crippen molar-refractivity contribution in [3.63, 3.8) is 0 Å². The molecule has 4 rings (SSSR count). The summed E-state index contributed by atoms with van der Waals surface area (Å²) in [6, 6.07) is 0. The highest BCUT2D eigenvalue weighted by atomic mass is 16.6. The van der Waals surface area contributed by atoms with Crippen molar-refractivity contribution >= 4 is 11.9 Å². The first-order chi connectivity index (χ1) is 9.62. The van der Waals surface area contributed by atoms with Crippen LogP contribution in [0.3, 0.4) is 0 Å². The molecular formula is C15H16O5. The van der Waals surface area contributed by atoms with Crippen LogP contribution in [0, 0.1) is 5.92 Å². The molecule has 0 radical (unpaired) electrons. The molecule has 0 aromatic heterocycles. The van der Waals surface area contributed by atoms with Crippen LogP contribution in [0.1, 0.15) is 13.3 Å². The standard InChI is InChI=1S/C15H16O5/c1-3-19-11-8-9-4-5-10-12(13(16)18-2)14(17)20-15(10,11)7-6-9/h4-7,9,11H,3,8H2,1-2H3. The molecule has 0 aromatic carbocycles. The molecule has 0 fully saturated rings. The Labute approximate surface area is 116 Å². The number of rotatable bonds is 3. The van der Waals surface area contributed by atoms with E-state index in [9.17, 15) is 9.59 Å². The highest BCUT2D eigenvalue weighted by Gasteiger charge is 2.55. The van der Waals surface area contributed by atoms with Gasteiger partial charge < -0.3 is 14.2 Å². The number of carbonyl (C=O) groups excluding carboxylic acids is 2.